The molecule has 0 saturated heterocycles. The van der Waals surface area contributed by atoms with Gasteiger partial charge in [0.2, 0.25) is 0 Å². The number of rotatable bonds is 3. The molecule has 3 rings (SSSR count). The first-order valence-electron chi connectivity index (χ1n) is 6.73. The van der Waals surface area contributed by atoms with E-state index in [2.05, 4.69) is 0 Å². The highest BCUT2D eigenvalue weighted by Crippen LogP contribution is 2.29. The van der Waals surface area contributed by atoms with Crippen LogP contribution in [0.4, 0.5) is 5.69 Å². The van der Waals surface area contributed by atoms with Gasteiger partial charge in [-0.2, -0.15) is 0 Å². The lowest BCUT2D eigenvalue weighted by atomic mass is 10.0. The van der Waals surface area contributed by atoms with Gasteiger partial charge in [0.15, 0.2) is 0 Å². The molecule has 1 heterocycles. The summed E-state index contributed by atoms with van der Waals surface area (Å²) in [5.41, 5.74) is 14.1. The summed E-state index contributed by atoms with van der Waals surface area (Å²) in [5, 5.41) is 9.89. The first kappa shape index (κ1) is 13.8. The van der Waals surface area contributed by atoms with Crippen LogP contribution in [0.15, 0.2) is 60.8 Å². The molecule has 0 bridgehead atoms. The SMILES string of the molecule is NC(=O)c1c(N)ccn1-c1ccc(-c2ccccc2O)cc1. The minimum absolute atomic E-state index is 0.221. The van der Waals surface area contributed by atoms with E-state index < -0.39 is 5.91 Å². The minimum Gasteiger partial charge on any atom is -0.507 e. The molecule has 22 heavy (non-hydrogen) atoms. The fourth-order valence-corrected chi connectivity index (χ4v) is 2.44. The second kappa shape index (κ2) is 5.29. The second-order valence-electron chi connectivity index (χ2n) is 4.92. The van der Waals surface area contributed by atoms with Crippen LogP contribution in [0.25, 0.3) is 16.8 Å². The molecule has 5 heteroatoms. The molecule has 0 unspecified atom stereocenters. The summed E-state index contributed by atoms with van der Waals surface area (Å²) >= 11 is 0. The van der Waals surface area contributed by atoms with E-state index >= 15 is 0 Å². The summed E-state index contributed by atoms with van der Waals surface area (Å²) in [5.74, 6) is -0.356. The highest BCUT2D eigenvalue weighted by Gasteiger charge is 2.13. The molecular weight excluding hydrogens is 278 g/mol. The van der Waals surface area contributed by atoms with E-state index in [1.807, 2.05) is 36.4 Å². The molecule has 0 atom stereocenters. The summed E-state index contributed by atoms with van der Waals surface area (Å²) in [7, 11) is 0. The van der Waals surface area contributed by atoms with Gasteiger partial charge in [-0.05, 0) is 29.8 Å². The molecule has 3 aromatic rings. The predicted octanol–water partition coefficient (Wildman–Crippen LogP) is 2.53. The van der Waals surface area contributed by atoms with E-state index in [0.29, 0.717) is 5.69 Å². The fraction of sp³-hybridized carbons (Fsp3) is 0. The summed E-state index contributed by atoms with van der Waals surface area (Å²) < 4.78 is 1.65. The predicted molar refractivity (Wildman–Crippen MR) is 85.8 cm³/mol. The number of phenols is 1. The zero-order chi connectivity index (χ0) is 15.7. The third-order valence-electron chi connectivity index (χ3n) is 3.51. The van der Waals surface area contributed by atoms with Gasteiger partial charge in [0.05, 0.1) is 5.69 Å². The quantitative estimate of drug-likeness (QED) is 0.692. The number of nitrogens with zero attached hydrogens (tertiary/aromatic N) is 1. The maximum Gasteiger partial charge on any atom is 0.267 e. The first-order chi connectivity index (χ1) is 10.6. The Labute approximate surface area is 127 Å². The summed E-state index contributed by atoms with van der Waals surface area (Å²) in [6.07, 6.45) is 1.70. The molecule has 0 aliphatic heterocycles. The largest absolute Gasteiger partial charge is 0.507 e. The Kier molecular flexibility index (Phi) is 3.31. The number of nitrogen functional groups attached to an aromatic ring is 1. The lowest BCUT2D eigenvalue weighted by Crippen LogP contribution is -2.17. The highest BCUT2D eigenvalue weighted by atomic mass is 16.3. The molecular formula is C17H15N3O2. The molecule has 110 valence electrons. The van der Waals surface area contributed by atoms with Crippen LogP contribution in [-0.2, 0) is 0 Å². The van der Waals surface area contributed by atoms with Crippen LogP contribution >= 0.6 is 0 Å². The summed E-state index contributed by atoms with van der Waals surface area (Å²) in [6.45, 7) is 0. The molecule has 5 nitrogen and oxygen atoms in total. The summed E-state index contributed by atoms with van der Waals surface area (Å²) in [4.78, 5) is 11.5. The average Bonchev–Trinajstić information content (AvgIpc) is 2.90. The monoisotopic (exact) mass is 293 g/mol. The number of para-hydroxylation sites is 1. The van der Waals surface area contributed by atoms with E-state index in [-0.39, 0.29) is 11.4 Å². The van der Waals surface area contributed by atoms with Gasteiger partial charge in [-0.25, -0.2) is 0 Å². The first-order valence-corrected chi connectivity index (χ1v) is 6.73. The van der Waals surface area contributed by atoms with Crippen molar-refractivity contribution in [3.05, 3.63) is 66.5 Å². The molecule has 0 spiro atoms. The van der Waals surface area contributed by atoms with Gasteiger partial charge in [0, 0.05) is 17.4 Å². The van der Waals surface area contributed by atoms with Gasteiger partial charge in [-0.1, -0.05) is 30.3 Å². The number of benzene rings is 2. The number of phenolic OH excluding ortho intramolecular Hbond substituents is 1. The van der Waals surface area contributed by atoms with Gasteiger partial charge < -0.3 is 21.1 Å². The Morgan fingerprint density at radius 3 is 2.32 bits per heavy atom. The normalized spacial score (nSPS) is 10.5. The molecule has 0 saturated carbocycles. The van der Waals surface area contributed by atoms with Crippen LogP contribution < -0.4 is 11.5 Å². The number of hydrogen-bond donors (Lipinski definition) is 3. The van der Waals surface area contributed by atoms with Crippen molar-refractivity contribution in [2.75, 3.05) is 5.73 Å². The number of anilines is 1. The number of aromatic nitrogens is 1. The van der Waals surface area contributed by atoms with E-state index in [4.69, 9.17) is 11.5 Å². The van der Waals surface area contributed by atoms with Crippen molar-refractivity contribution in [3.8, 4) is 22.6 Å². The lowest BCUT2D eigenvalue weighted by molar-refractivity contribution is 0.0995. The molecule has 0 fully saturated rings. The van der Waals surface area contributed by atoms with Crippen LogP contribution in [0.2, 0.25) is 0 Å². The molecule has 1 amide bonds. The Morgan fingerprint density at radius 1 is 1.00 bits per heavy atom. The molecule has 0 radical (unpaired) electrons. The summed E-state index contributed by atoms with van der Waals surface area (Å²) in [6, 6.07) is 16.2. The third kappa shape index (κ3) is 2.29. The zero-order valence-electron chi connectivity index (χ0n) is 11.7. The number of carbonyl (C=O) groups excluding carboxylic acids is 1. The highest BCUT2D eigenvalue weighted by molar-refractivity contribution is 5.97. The van der Waals surface area contributed by atoms with Crippen molar-refractivity contribution in [2.45, 2.75) is 0 Å². The molecule has 0 aliphatic carbocycles. The standard InChI is InChI=1S/C17H15N3O2/c18-14-9-10-20(16(14)17(19)22)12-7-5-11(6-8-12)13-3-1-2-4-15(13)21/h1-10,21H,18H2,(H2,19,22). The smallest absolute Gasteiger partial charge is 0.267 e. The zero-order valence-corrected chi connectivity index (χ0v) is 11.7. The topological polar surface area (TPSA) is 94.3 Å². The average molecular weight is 293 g/mol. The Balaban J connectivity index is 2.03. The van der Waals surface area contributed by atoms with Crippen LogP contribution in [0.1, 0.15) is 10.5 Å². The number of primary amides is 1. The molecule has 5 N–H and O–H groups in total. The number of hydrogen-bond acceptors (Lipinski definition) is 3. The van der Waals surface area contributed by atoms with Crippen LogP contribution in [0, 0.1) is 0 Å². The van der Waals surface area contributed by atoms with Crippen LogP contribution in [0.3, 0.4) is 0 Å². The number of amides is 1. The van der Waals surface area contributed by atoms with E-state index in [1.54, 1.807) is 29.0 Å². The van der Waals surface area contributed by atoms with Crippen molar-refractivity contribution in [3.63, 3.8) is 0 Å². The van der Waals surface area contributed by atoms with Gasteiger partial charge in [0.1, 0.15) is 11.4 Å². The van der Waals surface area contributed by atoms with E-state index in [0.717, 1.165) is 16.8 Å². The van der Waals surface area contributed by atoms with Crippen molar-refractivity contribution < 1.29 is 9.90 Å². The van der Waals surface area contributed by atoms with Gasteiger partial charge >= 0.3 is 0 Å². The Bertz CT molecular complexity index is 835. The van der Waals surface area contributed by atoms with Crippen LogP contribution in [-0.4, -0.2) is 15.6 Å². The van der Waals surface area contributed by atoms with E-state index in [9.17, 15) is 9.90 Å². The fourth-order valence-electron chi connectivity index (χ4n) is 2.44. The second-order valence-corrected chi connectivity index (χ2v) is 4.92. The minimum atomic E-state index is -0.577. The maximum atomic E-state index is 11.5. The van der Waals surface area contributed by atoms with Gasteiger partial charge in [-0.3, -0.25) is 4.79 Å². The molecule has 0 aliphatic rings. The van der Waals surface area contributed by atoms with Crippen LogP contribution in [0.5, 0.6) is 5.75 Å². The number of nitrogens with two attached hydrogens (primary N) is 2. The van der Waals surface area contributed by atoms with Crippen molar-refractivity contribution in [1.29, 1.82) is 0 Å². The Morgan fingerprint density at radius 2 is 1.68 bits per heavy atom. The molecule has 1 aromatic heterocycles. The third-order valence-corrected chi connectivity index (χ3v) is 3.51. The van der Waals surface area contributed by atoms with Gasteiger partial charge in [-0.15, -0.1) is 0 Å². The van der Waals surface area contributed by atoms with Crippen molar-refractivity contribution in [1.82, 2.24) is 4.57 Å². The lowest BCUT2D eigenvalue weighted by Gasteiger charge is -2.09. The van der Waals surface area contributed by atoms with Crippen molar-refractivity contribution in [2.24, 2.45) is 5.73 Å². The number of carbonyl (C=O) groups is 1. The molecule has 2 aromatic carbocycles. The van der Waals surface area contributed by atoms with E-state index in [1.165, 1.54) is 0 Å². The van der Waals surface area contributed by atoms with Gasteiger partial charge in [0.25, 0.3) is 5.91 Å². The number of aromatic hydroxyl groups is 1. The maximum absolute atomic E-state index is 11.5. The Hall–Kier alpha value is -3.21. The van der Waals surface area contributed by atoms with Crippen molar-refractivity contribution >= 4 is 11.6 Å².